The predicted octanol–water partition coefficient (Wildman–Crippen LogP) is 1.66. The Morgan fingerprint density at radius 2 is 2.22 bits per heavy atom. The topological polar surface area (TPSA) is 46.3 Å². The summed E-state index contributed by atoms with van der Waals surface area (Å²) >= 11 is 0. The van der Waals surface area contributed by atoms with Gasteiger partial charge in [-0.1, -0.05) is 0 Å². The van der Waals surface area contributed by atoms with Crippen LogP contribution in [0, 0.1) is 17.6 Å². The highest BCUT2D eigenvalue weighted by molar-refractivity contribution is 5.76. The molecule has 98 valence electrons. The van der Waals surface area contributed by atoms with E-state index in [2.05, 4.69) is 0 Å². The Morgan fingerprint density at radius 1 is 1.44 bits per heavy atom. The maximum atomic E-state index is 13.5. The highest BCUT2D eigenvalue weighted by atomic mass is 19.1. The number of amides is 1. The number of carbonyl (C=O) groups is 1. The molecule has 0 bridgehead atoms. The molecule has 1 heterocycles. The van der Waals surface area contributed by atoms with E-state index in [0.29, 0.717) is 18.7 Å². The molecule has 1 aromatic carbocycles. The summed E-state index contributed by atoms with van der Waals surface area (Å²) in [4.78, 5) is 13.1. The van der Waals surface area contributed by atoms with Crippen molar-refractivity contribution in [1.82, 2.24) is 4.90 Å². The molecule has 18 heavy (non-hydrogen) atoms. The van der Waals surface area contributed by atoms with Crippen LogP contribution in [0.5, 0.6) is 0 Å². The SMILES string of the molecule is NC(=O)[C@@H]1CCCN(Cc2cc(F)ccc2F)C1. The first-order chi connectivity index (χ1) is 8.56. The van der Waals surface area contributed by atoms with Gasteiger partial charge in [-0.15, -0.1) is 0 Å². The molecule has 1 aliphatic heterocycles. The average Bonchev–Trinajstić information content (AvgIpc) is 2.34. The molecule has 1 saturated heterocycles. The van der Waals surface area contributed by atoms with Gasteiger partial charge in [0.25, 0.3) is 0 Å². The lowest BCUT2D eigenvalue weighted by atomic mass is 9.97. The zero-order chi connectivity index (χ0) is 13.1. The highest BCUT2D eigenvalue weighted by Gasteiger charge is 2.24. The average molecular weight is 254 g/mol. The fraction of sp³-hybridized carbons (Fsp3) is 0.462. The summed E-state index contributed by atoms with van der Waals surface area (Å²) < 4.78 is 26.5. The first-order valence-electron chi connectivity index (χ1n) is 6.02. The second-order valence-electron chi connectivity index (χ2n) is 4.71. The number of likely N-dealkylation sites (tertiary alicyclic amines) is 1. The number of piperidine rings is 1. The minimum absolute atomic E-state index is 0.185. The van der Waals surface area contributed by atoms with Gasteiger partial charge in [0.15, 0.2) is 0 Å². The molecule has 0 unspecified atom stereocenters. The summed E-state index contributed by atoms with van der Waals surface area (Å²) in [7, 11) is 0. The highest BCUT2D eigenvalue weighted by Crippen LogP contribution is 2.19. The van der Waals surface area contributed by atoms with Crippen LogP contribution in [0.3, 0.4) is 0 Å². The smallest absolute Gasteiger partial charge is 0.221 e. The number of hydrogen-bond donors (Lipinski definition) is 1. The van der Waals surface area contributed by atoms with Gasteiger partial charge in [-0.25, -0.2) is 8.78 Å². The van der Waals surface area contributed by atoms with Crippen LogP contribution in [0.1, 0.15) is 18.4 Å². The van der Waals surface area contributed by atoms with E-state index >= 15 is 0 Å². The molecule has 1 aliphatic rings. The van der Waals surface area contributed by atoms with Crippen LogP contribution < -0.4 is 5.73 Å². The van der Waals surface area contributed by atoms with Gasteiger partial charge < -0.3 is 5.73 Å². The van der Waals surface area contributed by atoms with Crippen molar-refractivity contribution >= 4 is 5.91 Å². The van der Waals surface area contributed by atoms with Crippen molar-refractivity contribution < 1.29 is 13.6 Å². The van der Waals surface area contributed by atoms with Gasteiger partial charge in [0.2, 0.25) is 5.91 Å². The van der Waals surface area contributed by atoms with Crippen molar-refractivity contribution in [3.8, 4) is 0 Å². The van der Waals surface area contributed by atoms with Crippen LogP contribution in [-0.4, -0.2) is 23.9 Å². The summed E-state index contributed by atoms with van der Waals surface area (Å²) in [6.07, 6.45) is 1.63. The normalized spacial score (nSPS) is 20.9. The molecular formula is C13H16F2N2O. The van der Waals surface area contributed by atoms with E-state index in [1.807, 2.05) is 4.90 Å². The molecule has 0 spiro atoms. The molecule has 0 saturated carbocycles. The van der Waals surface area contributed by atoms with Crippen molar-refractivity contribution in [1.29, 1.82) is 0 Å². The second kappa shape index (κ2) is 5.44. The number of carbonyl (C=O) groups excluding carboxylic acids is 1. The number of nitrogens with two attached hydrogens (primary N) is 1. The molecule has 1 amide bonds. The maximum Gasteiger partial charge on any atom is 0.221 e. The Bertz CT molecular complexity index is 451. The number of benzene rings is 1. The largest absolute Gasteiger partial charge is 0.369 e. The van der Waals surface area contributed by atoms with Crippen molar-refractivity contribution in [2.24, 2.45) is 11.7 Å². The molecule has 2 rings (SSSR count). The van der Waals surface area contributed by atoms with E-state index < -0.39 is 11.6 Å². The van der Waals surface area contributed by atoms with Crippen LogP contribution in [-0.2, 0) is 11.3 Å². The molecule has 3 nitrogen and oxygen atoms in total. The Labute approximate surface area is 105 Å². The number of halogens is 2. The Balaban J connectivity index is 2.04. The standard InChI is InChI=1S/C13H16F2N2O/c14-11-3-4-12(15)10(6-11)8-17-5-1-2-9(7-17)13(16)18/h3-4,6,9H,1-2,5,7-8H2,(H2,16,18)/t9-/m1/s1. The molecule has 2 N–H and O–H groups in total. The summed E-state index contributed by atoms with van der Waals surface area (Å²) in [5.74, 6) is -1.37. The van der Waals surface area contributed by atoms with Gasteiger partial charge in [-0.3, -0.25) is 9.69 Å². The first kappa shape index (κ1) is 13.0. The van der Waals surface area contributed by atoms with Crippen LogP contribution >= 0.6 is 0 Å². The number of nitrogens with zero attached hydrogens (tertiary/aromatic N) is 1. The fourth-order valence-corrected chi connectivity index (χ4v) is 2.34. The first-order valence-corrected chi connectivity index (χ1v) is 6.02. The summed E-state index contributed by atoms with van der Waals surface area (Å²) in [5, 5.41) is 0. The van der Waals surface area contributed by atoms with Gasteiger partial charge in [-0.2, -0.15) is 0 Å². The molecule has 1 fully saturated rings. The molecular weight excluding hydrogens is 238 g/mol. The number of rotatable bonds is 3. The third-order valence-corrected chi connectivity index (χ3v) is 3.31. The minimum atomic E-state index is -0.449. The number of primary amides is 1. The predicted molar refractivity (Wildman–Crippen MR) is 63.6 cm³/mol. The van der Waals surface area contributed by atoms with Crippen LogP contribution in [0.25, 0.3) is 0 Å². The molecule has 0 radical (unpaired) electrons. The Hall–Kier alpha value is -1.49. The van der Waals surface area contributed by atoms with E-state index in [1.165, 1.54) is 6.07 Å². The van der Waals surface area contributed by atoms with E-state index in [0.717, 1.165) is 31.5 Å². The lowest BCUT2D eigenvalue weighted by Gasteiger charge is -2.31. The number of hydrogen-bond acceptors (Lipinski definition) is 2. The Morgan fingerprint density at radius 3 is 2.94 bits per heavy atom. The van der Waals surface area contributed by atoms with Crippen molar-refractivity contribution in [3.05, 3.63) is 35.4 Å². The van der Waals surface area contributed by atoms with Crippen LogP contribution in [0.2, 0.25) is 0 Å². The van der Waals surface area contributed by atoms with Gasteiger partial charge in [0.1, 0.15) is 11.6 Å². The summed E-state index contributed by atoms with van der Waals surface area (Å²) in [6.45, 7) is 1.61. The molecule has 1 atom stereocenters. The van der Waals surface area contributed by atoms with E-state index in [9.17, 15) is 13.6 Å². The van der Waals surface area contributed by atoms with Gasteiger partial charge in [0, 0.05) is 18.7 Å². The van der Waals surface area contributed by atoms with E-state index in [4.69, 9.17) is 5.73 Å². The van der Waals surface area contributed by atoms with Crippen LogP contribution in [0.15, 0.2) is 18.2 Å². The zero-order valence-corrected chi connectivity index (χ0v) is 10.0. The van der Waals surface area contributed by atoms with Crippen molar-refractivity contribution in [3.63, 3.8) is 0 Å². The quantitative estimate of drug-likeness (QED) is 0.891. The van der Waals surface area contributed by atoms with E-state index in [-0.39, 0.29) is 11.8 Å². The van der Waals surface area contributed by atoms with E-state index in [1.54, 1.807) is 0 Å². The maximum absolute atomic E-state index is 13.5. The summed E-state index contributed by atoms with van der Waals surface area (Å²) in [5.41, 5.74) is 5.60. The summed E-state index contributed by atoms with van der Waals surface area (Å²) in [6, 6.07) is 3.42. The monoisotopic (exact) mass is 254 g/mol. The van der Waals surface area contributed by atoms with Crippen LogP contribution in [0.4, 0.5) is 8.78 Å². The molecule has 1 aromatic rings. The second-order valence-corrected chi connectivity index (χ2v) is 4.71. The van der Waals surface area contributed by atoms with Gasteiger partial charge in [-0.05, 0) is 37.6 Å². The third-order valence-electron chi connectivity index (χ3n) is 3.31. The van der Waals surface area contributed by atoms with Gasteiger partial charge in [0.05, 0.1) is 5.92 Å². The lowest BCUT2D eigenvalue weighted by Crippen LogP contribution is -2.40. The molecule has 0 aliphatic carbocycles. The fourth-order valence-electron chi connectivity index (χ4n) is 2.34. The molecule has 0 aromatic heterocycles. The minimum Gasteiger partial charge on any atom is -0.369 e. The van der Waals surface area contributed by atoms with Gasteiger partial charge >= 0.3 is 0 Å². The zero-order valence-electron chi connectivity index (χ0n) is 10.0. The van der Waals surface area contributed by atoms with Crippen molar-refractivity contribution in [2.45, 2.75) is 19.4 Å². The lowest BCUT2D eigenvalue weighted by molar-refractivity contribution is -0.123. The third kappa shape index (κ3) is 3.04. The van der Waals surface area contributed by atoms with Crippen molar-refractivity contribution in [2.75, 3.05) is 13.1 Å². The Kier molecular flexibility index (Phi) is 3.91. The molecule has 5 heteroatoms.